The summed E-state index contributed by atoms with van der Waals surface area (Å²) in [4.78, 5) is 28.4. The molecule has 9 heteroatoms. The number of hydrogen-bond acceptors (Lipinski definition) is 7. The van der Waals surface area contributed by atoms with Crippen LogP contribution < -0.4 is 4.72 Å². The summed E-state index contributed by atoms with van der Waals surface area (Å²) in [6, 6.07) is 15.4. The predicted molar refractivity (Wildman–Crippen MR) is 109 cm³/mol. The van der Waals surface area contributed by atoms with Crippen molar-refractivity contribution in [1.82, 2.24) is 4.72 Å². The normalized spacial score (nSPS) is 15.7. The molecular weight excluding hydrogens is 408 g/mol. The van der Waals surface area contributed by atoms with Gasteiger partial charge in [-0.05, 0) is 30.7 Å². The van der Waals surface area contributed by atoms with Crippen LogP contribution in [0.15, 0.2) is 68.9 Å². The lowest BCUT2D eigenvalue weighted by Gasteiger charge is -2.03. The molecule has 0 amide bonds. The van der Waals surface area contributed by atoms with Crippen LogP contribution in [-0.4, -0.2) is 39.2 Å². The van der Waals surface area contributed by atoms with Crippen LogP contribution in [0.1, 0.15) is 29.0 Å². The van der Waals surface area contributed by atoms with Gasteiger partial charge < -0.3 is 9.15 Å². The molecule has 3 aromatic rings. The zero-order valence-electron chi connectivity index (χ0n) is 15.8. The number of hydrogen-bond donors (Lipinski definition) is 1. The van der Waals surface area contributed by atoms with E-state index >= 15 is 0 Å². The van der Waals surface area contributed by atoms with E-state index in [4.69, 9.17) is 9.15 Å². The zero-order chi connectivity index (χ0) is 21.1. The molecule has 1 N–H and O–H groups in total. The molecule has 1 aliphatic rings. The largest absolute Gasteiger partial charge is 0.457 e. The summed E-state index contributed by atoms with van der Waals surface area (Å²) >= 11 is 0. The van der Waals surface area contributed by atoms with E-state index < -0.39 is 28.4 Å². The van der Waals surface area contributed by atoms with Gasteiger partial charge in [0, 0.05) is 23.9 Å². The summed E-state index contributed by atoms with van der Waals surface area (Å²) < 4.78 is 36.9. The predicted octanol–water partition coefficient (Wildman–Crippen LogP) is 2.68. The Kier molecular flexibility index (Phi) is 5.37. The Morgan fingerprint density at radius 3 is 2.67 bits per heavy atom. The average molecular weight is 426 g/mol. The summed E-state index contributed by atoms with van der Waals surface area (Å²) in [5.74, 6) is -0.551. The Hall–Kier alpha value is -3.46. The van der Waals surface area contributed by atoms with Crippen molar-refractivity contribution in [3.05, 3.63) is 65.9 Å². The minimum absolute atomic E-state index is 0.0542. The first-order valence-corrected chi connectivity index (χ1v) is 10.8. The number of ketones is 1. The number of nitrogens with zero attached hydrogens (tertiary/aromatic N) is 1. The maximum Gasteiger partial charge on any atom is 0.306 e. The standard InChI is InChI=1S/C21H18N2O6S/c24-16(18-12-14-6-1-3-8-17(14)29-18)13-28-20(25)10-5-11-22-21-15-7-2-4-9-19(15)30(26,27)23-21/h1-4,6-9,12H,5,10-11,13H2,(H,22,23). The van der Waals surface area contributed by atoms with Crippen molar-refractivity contribution in [2.45, 2.75) is 17.7 Å². The van der Waals surface area contributed by atoms with Crippen molar-refractivity contribution in [3.63, 3.8) is 0 Å². The van der Waals surface area contributed by atoms with E-state index in [1.165, 1.54) is 6.07 Å². The number of ether oxygens (including phenoxy) is 1. The van der Waals surface area contributed by atoms with Gasteiger partial charge in [-0.25, -0.2) is 8.42 Å². The lowest BCUT2D eigenvalue weighted by atomic mass is 10.2. The van der Waals surface area contributed by atoms with Crippen LogP contribution in [0.5, 0.6) is 0 Å². The van der Waals surface area contributed by atoms with Crippen LogP contribution in [0.4, 0.5) is 0 Å². The second-order valence-corrected chi connectivity index (χ2v) is 8.32. The Labute approximate surface area is 172 Å². The molecule has 0 spiro atoms. The molecule has 30 heavy (non-hydrogen) atoms. The zero-order valence-corrected chi connectivity index (χ0v) is 16.6. The average Bonchev–Trinajstić information content (AvgIpc) is 3.28. The first-order valence-electron chi connectivity index (χ1n) is 9.28. The van der Waals surface area contributed by atoms with E-state index in [9.17, 15) is 18.0 Å². The quantitative estimate of drug-likeness (QED) is 0.353. The van der Waals surface area contributed by atoms with Crippen LogP contribution in [0.25, 0.3) is 11.0 Å². The number of rotatable bonds is 7. The van der Waals surface area contributed by atoms with Gasteiger partial charge in [-0.3, -0.25) is 19.3 Å². The van der Waals surface area contributed by atoms with E-state index in [0.29, 0.717) is 17.6 Å². The maximum atomic E-state index is 12.1. The number of sulfonamides is 1. The monoisotopic (exact) mass is 426 g/mol. The van der Waals surface area contributed by atoms with Crippen molar-refractivity contribution in [2.24, 2.45) is 4.99 Å². The molecule has 0 bridgehead atoms. The number of benzene rings is 2. The van der Waals surface area contributed by atoms with Crippen LogP contribution in [0, 0.1) is 0 Å². The van der Waals surface area contributed by atoms with Gasteiger partial charge in [0.15, 0.2) is 12.4 Å². The summed E-state index contributed by atoms with van der Waals surface area (Å²) in [6.07, 6.45) is 0.406. The molecular formula is C21H18N2O6S. The molecule has 4 rings (SSSR count). The number of esters is 1. The number of furan rings is 1. The first-order chi connectivity index (χ1) is 14.4. The summed E-state index contributed by atoms with van der Waals surface area (Å²) in [7, 11) is -3.58. The summed E-state index contributed by atoms with van der Waals surface area (Å²) in [5.41, 5.74) is 1.10. The molecule has 0 atom stereocenters. The highest BCUT2D eigenvalue weighted by molar-refractivity contribution is 7.90. The second kappa shape index (κ2) is 8.11. The molecule has 2 aromatic carbocycles. The van der Waals surface area contributed by atoms with Crippen LogP contribution >= 0.6 is 0 Å². The minimum atomic E-state index is -3.58. The molecule has 0 saturated carbocycles. The molecule has 0 aliphatic carbocycles. The van der Waals surface area contributed by atoms with E-state index in [1.807, 2.05) is 12.1 Å². The number of amidine groups is 1. The fourth-order valence-corrected chi connectivity index (χ4v) is 4.33. The van der Waals surface area contributed by atoms with E-state index in [1.54, 1.807) is 36.4 Å². The second-order valence-electron chi connectivity index (χ2n) is 6.67. The highest BCUT2D eigenvalue weighted by Crippen LogP contribution is 2.22. The third-order valence-corrected chi connectivity index (χ3v) is 5.93. The number of carbonyl (C=O) groups is 2. The van der Waals surface area contributed by atoms with Gasteiger partial charge in [0.2, 0.25) is 5.78 Å². The minimum Gasteiger partial charge on any atom is -0.457 e. The van der Waals surface area contributed by atoms with Gasteiger partial charge in [0.1, 0.15) is 11.4 Å². The number of nitrogens with one attached hydrogen (secondary N) is 1. The van der Waals surface area contributed by atoms with E-state index in [-0.39, 0.29) is 29.5 Å². The molecule has 1 aliphatic heterocycles. The Morgan fingerprint density at radius 1 is 1.07 bits per heavy atom. The lowest BCUT2D eigenvalue weighted by molar-refractivity contribution is -0.142. The molecule has 0 saturated heterocycles. The van der Waals surface area contributed by atoms with Crippen molar-refractivity contribution in [1.29, 1.82) is 0 Å². The van der Waals surface area contributed by atoms with E-state index in [0.717, 1.165) is 5.39 Å². The van der Waals surface area contributed by atoms with Crippen molar-refractivity contribution >= 4 is 38.6 Å². The van der Waals surface area contributed by atoms with Gasteiger partial charge in [0.05, 0.1) is 4.90 Å². The van der Waals surface area contributed by atoms with Crippen LogP contribution in [0.2, 0.25) is 0 Å². The molecule has 1 aromatic heterocycles. The highest BCUT2D eigenvalue weighted by atomic mass is 32.2. The lowest BCUT2D eigenvalue weighted by Crippen LogP contribution is -2.22. The molecule has 0 fully saturated rings. The third kappa shape index (κ3) is 4.11. The number of carbonyl (C=O) groups excluding carboxylic acids is 2. The topological polar surface area (TPSA) is 115 Å². The molecule has 0 unspecified atom stereocenters. The van der Waals surface area contributed by atoms with Crippen LogP contribution in [0.3, 0.4) is 0 Å². The number of Topliss-reactive ketones (excluding diaryl/α,β-unsaturated/α-hetero) is 1. The number of aliphatic imine (C=N–C) groups is 1. The molecule has 8 nitrogen and oxygen atoms in total. The molecule has 2 heterocycles. The summed E-state index contributed by atoms with van der Waals surface area (Å²) in [6.45, 7) is -0.168. The van der Waals surface area contributed by atoms with Crippen LogP contribution in [-0.2, 0) is 19.6 Å². The Bertz CT molecular complexity index is 1230. The van der Waals surface area contributed by atoms with Crippen molar-refractivity contribution in [3.8, 4) is 0 Å². The van der Waals surface area contributed by atoms with Crippen molar-refractivity contribution < 1.29 is 27.2 Å². The highest BCUT2D eigenvalue weighted by Gasteiger charge is 2.29. The maximum absolute atomic E-state index is 12.1. The van der Waals surface area contributed by atoms with Gasteiger partial charge in [-0.15, -0.1) is 0 Å². The number of para-hydroxylation sites is 1. The smallest absolute Gasteiger partial charge is 0.306 e. The molecule has 154 valence electrons. The third-order valence-electron chi connectivity index (χ3n) is 4.54. The fraction of sp³-hybridized carbons (Fsp3) is 0.190. The summed E-state index contributed by atoms with van der Waals surface area (Å²) in [5, 5.41) is 0.801. The van der Waals surface area contributed by atoms with Gasteiger partial charge in [-0.2, -0.15) is 0 Å². The van der Waals surface area contributed by atoms with Gasteiger partial charge in [0.25, 0.3) is 10.0 Å². The Morgan fingerprint density at radius 2 is 1.83 bits per heavy atom. The first kappa shape index (κ1) is 19.8. The fourth-order valence-electron chi connectivity index (χ4n) is 3.07. The number of fused-ring (bicyclic) bond motifs is 2. The SMILES string of the molecule is O=C(CCCN=C1NS(=O)(=O)c2ccccc21)OCC(=O)c1cc2ccccc2o1. The Balaban J connectivity index is 1.26. The van der Waals surface area contributed by atoms with Crippen molar-refractivity contribution in [2.75, 3.05) is 13.2 Å². The van der Waals surface area contributed by atoms with Gasteiger partial charge >= 0.3 is 5.97 Å². The van der Waals surface area contributed by atoms with Gasteiger partial charge in [-0.1, -0.05) is 30.3 Å². The van der Waals surface area contributed by atoms with E-state index in [2.05, 4.69) is 9.71 Å². The molecule has 0 radical (unpaired) electrons.